The van der Waals surface area contributed by atoms with Crippen LogP contribution >= 0.6 is 0 Å². The van der Waals surface area contributed by atoms with Gasteiger partial charge in [-0.3, -0.25) is 0 Å². The molecule has 0 fully saturated rings. The van der Waals surface area contributed by atoms with Crippen LogP contribution in [0.4, 0.5) is 17.5 Å². The van der Waals surface area contributed by atoms with E-state index in [0.717, 1.165) is 22.6 Å². The van der Waals surface area contributed by atoms with E-state index in [1.807, 2.05) is 43.7 Å². The number of nitrogens with one attached hydrogen (secondary N) is 1. The highest BCUT2D eigenvalue weighted by Crippen LogP contribution is 2.23. The molecule has 7 N–H and O–H groups in total. The topological polar surface area (TPSA) is 134 Å². The summed E-state index contributed by atoms with van der Waals surface area (Å²) in [4.78, 5) is 13.4. The van der Waals surface area contributed by atoms with Gasteiger partial charge in [0.1, 0.15) is 5.82 Å². The number of nitrogens with zero attached hydrogens (tertiary/aromatic N) is 4. The first-order valence-electron chi connectivity index (χ1n) is 8.18. The van der Waals surface area contributed by atoms with Crippen LogP contribution in [0.1, 0.15) is 23.9 Å². The Morgan fingerprint density at radius 2 is 1.96 bits per heavy atom. The van der Waals surface area contributed by atoms with Gasteiger partial charge >= 0.3 is 0 Å². The number of anilines is 3. The van der Waals surface area contributed by atoms with Gasteiger partial charge in [0.2, 0.25) is 5.95 Å². The molecule has 3 rings (SSSR count). The van der Waals surface area contributed by atoms with Gasteiger partial charge in [0, 0.05) is 31.7 Å². The molecule has 8 heteroatoms. The molecule has 1 unspecified atom stereocenters. The van der Waals surface area contributed by atoms with E-state index in [4.69, 9.17) is 17.2 Å². The Morgan fingerprint density at radius 1 is 1.20 bits per heavy atom. The van der Waals surface area contributed by atoms with Gasteiger partial charge in [-0.15, -0.1) is 0 Å². The second-order valence-corrected chi connectivity index (χ2v) is 6.43. The molecule has 2 heterocycles. The Balaban J connectivity index is 1.97. The Bertz CT molecular complexity index is 913. The molecule has 25 heavy (non-hydrogen) atoms. The first-order valence-corrected chi connectivity index (χ1v) is 8.18. The summed E-state index contributed by atoms with van der Waals surface area (Å²) in [5.74, 6) is 1.62. The van der Waals surface area contributed by atoms with Crippen LogP contribution in [0.25, 0.3) is 11.2 Å². The van der Waals surface area contributed by atoms with Crippen LogP contribution in [-0.2, 0) is 13.5 Å². The molecule has 3 aromatic rings. The van der Waals surface area contributed by atoms with Crippen LogP contribution in [0.15, 0.2) is 18.2 Å². The summed E-state index contributed by atoms with van der Waals surface area (Å²) >= 11 is 0. The monoisotopic (exact) mass is 340 g/mol. The molecule has 132 valence electrons. The van der Waals surface area contributed by atoms with E-state index in [1.54, 1.807) is 0 Å². The summed E-state index contributed by atoms with van der Waals surface area (Å²) in [6.07, 6.45) is 0.598. The first kappa shape index (κ1) is 17.0. The van der Waals surface area contributed by atoms with Crippen LogP contribution in [0.3, 0.4) is 0 Å². The fourth-order valence-corrected chi connectivity index (χ4v) is 2.66. The Labute approximate surface area is 146 Å². The summed E-state index contributed by atoms with van der Waals surface area (Å²) < 4.78 is 1.92. The van der Waals surface area contributed by atoms with Gasteiger partial charge in [0.15, 0.2) is 17.0 Å². The van der Waals surface area contributed by atoms with Crippen molar-refractivity contribution in [1.29, 1.82) is 0 Å². The zero-order valence-electron chi connectivity index (χ0n) is 14.7. The smallest absolute Gasteiger partial charge is 0.226 e. The molecule has 0 spiro atoms. The maximum Gasteiger partial charge on any atom is 0.226 e. The fraction of sp³-hybridized carbons (Fsp3) is 0.353. The minimum absolute atomic E-state index is 0.00729. The molecule has 0 bridgehead atoms. The van der Waals surface area contributed by atoms with E-state index in [-0.39, 0.29) is 6.04 Å². The second-order valence-electron chi connectivity index (χ2n) is 6.43. The molecule has 1 atom stereocenters. The number of fused-ring (bicyclic) bond motifs is 1. The van der Waals surface area contributed by atoms with E-state index in [9.17, 15) is 0 Å². The third kappa shape index (κ3) is 3.48. The molecule has 1 aromatic carbocycles. The average molecular weight is 340 g/mol. The Kier molecular flexibility index (Phi) is 4.45. The predicted molar refractivity (Wildman–Crippen MR) is 101 cm³/mol. The van der Waals surface area contributed by atoms with Crippen molar-refractivity contribution in [3.05, 3.63) is 35.2 Å². The van der Waals surface area contributed by atoms with Gasteiger partial charge in [-0.05, 0) is 31.0 Å². The number of nitrogen functional groups attached to an aromatic ring is 2. The second kappa shape index (κ2) is 6.56. The molecule has 0 aliphatic rings. The van der Waals surface area contributed by atoms with Gasteiger partial charge in [0.05, 0.1) is 0 Å². The van der Waals surface area contributed by atoms with Crippen molar-refractivity contribution >= 4 is 28.6 Å². The molecule has 8 nitrogen and oxygen atoms in total. The van der Waals surface area contributed by atoms with Gasteiger partial charge in [-0.2, -0.15) is 9.97 Å². The maximum atomic E-state index is 6.12. The van der Waals surface area contributed by atoms with Crippen LogP contribution in [0, 0.1) is 6.92 Å². The number of hydrogen-bond donors (Lipinski definition) is 4. The molecular formula is C17H24N8. The Morgan fingerprint density at radius 3 is 2.64 bits per heavy atom. The van der Waals surface area contributed by atoms with Crippen molar-refractivity contribution in [3.8, 4) is 0 Å². The molecular weight excluding hydrogens is 316 g/mol. The van der Waals surface area contributed by atoms with Crippen LogP contribution in [0.5, 0.6) is 0 Å². The number of hydrogen-bond acceptors (Lipinski definition) is 7. The van der Waals surface area contributed by atoms with Gasteiger partial charge in [-0.25, -0.2) is 4.98 Å². The lowest BCUT2D eigenvalue weighted by molar-refractivity contribution is 0.773. The number of nitrogens with two attached hydrogens (primary N) is 3. The molecule has 0 radical (unpaired) electrons. The van der Waals surface area contributed by atoms with Crippen LogP contribution < -0.4 is 22.5 Å². The van der Waals surface area contributed by atoms with Gasteiger partial charge in [-0.1, -0.05) is 12.1 Å². The van der Waals surface area contributed by atoms with Gasteiger partial charge < -0.3 is 27.1 Å². The lowest BCUT2D eigenvalue weighted by Crippen LogP contribution is -2.26. The first-order chi connectivity index (χ1) is 11.8. The van der Waals surface area contributed by atoms with Crippen molar-refractivity contribution in [2.24, 2.45) is 12.8 Å². The molecule has 0 aliphatic carbocycles. The minimum Gasteiger partial charge on any atom is -0.398 e. The van der Waals surface area contributed by atoms with E-state index in [0.29, 0.717) is 35.9 Å². The zero-order valence-corrected chi connectivity index (χ0v) is 14.7. The standard InChI is InChI=1S/C17H24N8/c1-9-4-5-11(12(19)6-9)7-13-22-14-15(20)23-17(21-8-10(2)18)24-16(14)25(13)3/h4-6,10H,7-8,18-19H2,1-3H3,(H3,20,21,23,24). The van der Waals surface area contributed by atoms with Gasteiger partial charge in [0.25, 0.3) is 0 Å². The van der Waals surface area contributed by atoms with Crippen molar-refractivity contribution in [2.75, 3.05) is 23.3 Å². The molecule has 0 aliphatic heterocycles. The maximum absolute atomic E-state index is 6.12. The number of aryl methyl sites for hydroxylation is 2. The Hall–Kier alpha value is -2.87. The summed E-state index contributed by atoms with van der Waals surface area (Å²) in [5.41, 5.74) is 22.1. The fourth-order valence-electron chi connectivity index (χ4n) is 2.66. The van der Waals surface area contributed by atoms with Crippen LogP contribution in [-0.4, -0.2) is 32.1 Å². The summed E-state index contributed by atoms with van der Waals surface area (Å²) in [6, 6.07) is 6.02. The zero-order chi connectivity index (χ0) is 18.1. The third-order valence-electron chi connectivity index (χ3n) is 4.07. The largest absolute Gasteiger partial charge is 0.398 e. The van der Waals surface area contributed by atoms with Crippen molar-refractivity contribution in [2.45, 2.75) is 26.3 Å². The highest BCUT2D eigenvalue weighted by atomic mass is 15.2. The molecule has 0 saturated heterocycles. The summed E-state index contributed by atoms with van der Waals surface area (Å²) in [7, 11) is 1.91. The van der Waals surface area contributed by atoms with Crippen molar-refractivity contribution < 1.29 is 0 Å². The number of aromatic nitrogens is 4. The molecule has 0 amide bonds. The minimum atomic E-state index is -0.00729. The lowest BCUT2D eigenvalue weighted by atomic mass is 10.1. The normalized spacial score (nSPS) is 12.5. The van der Waals surface area contributed by atoms with Crippen LogP contribution in [0.2, 0.25) is 0 Å². The number of benzene rings is 1. The molecule has 2 aromatic heterocycles. The average Bonchev–Trinajstić information content (AvgIpc) is 2.85. The number of rotatable bonds is 5. The quantitative estimate of drug-likeness (QED) is 0.512. The molecule has 0 saturated carbocycles. The summed E-state index contributed by atoms with van der Waals surface area (Å²) in [5, 5.41) is 3.09. The van der Waals surface area contributed by atoms with E-state index in [2.05, 4.69) is 20.3 Å². The van der Waals surface area contributed by atoms with E-state index < -0.39 is 0 Å². The van der Waals surface area contributed by atoms with E-state index in [1.165, 1.54) is 0 Å². The van der Waals surface area contributed by atoms with E-state index >= 15 is 0 Å². The SMILES string of the molecule is Cc1ccc(Cc2nc3c(N)nc(NCC(C)N)nc3n2C)c(N)c1. The third-order valence-corrected chi connectivity index (χ3v) is 4.07. The highest BCUT2D eigenvalue weighted by molar-refractivity contribution is 5.83. The van der Waals surface area contributed by atoms with Crippen molar-refractivity contribution in [3.63, 3.8) is 0 Å². The number of imidazole rings is 1. The summed E-state index contributed by atoms with van der Waals surface area (Å²) in [6.45, 7) is 4.49. The lowest BCUT2D eigenvalue weighted by Gasteiger charge is -2.08. The van der Waals surface area contributed by atoms with Crippen molar-refractivity contribution in [1.82, 2.24) is 19.5 Å². The predicted octanol–water partition coefficient (Wildman–Crippen LogP) is 1.19. The highest BCUT2D eigenvalue weighted by Gasteiger charge is 2.15.